The Hall–Kier alpha value is -1.17. The quantitative estimate of drug-likeness (QED) is 0.628. The predicted molar refractivity (Wildman–Crippen MR) is 66.3 cm³/mol. The second kappa shape index (κ2) is 6.54. The van der Waals surface area contributed by atoms with Crippen LogP contribution in [0.3, 0.4) is 0 Å². The van der Waals surface area contributed by atoms with Crippen LogP contribution in [0.1, 0.15) is 12.5 Å². The zero-order chi connectivity index (χ0) is 12.8. The van der Waals surface area contributed by atoms with Crippen molar-refractivity contribution in [1.82, 2.24) is 5.32 Å². The van der Waals surface area contributed by atoms with Gasteiger partial charge in [0.25, 0.3) is 5.69 Å². The van der Waals surface area contributed by atoms with Gasteiger partial charge in [0.2, 0.25) is 0 Å². The lowest BCUT2D eigenvalue weighted by Crippen LogP contribution is -2.25. The molecule has 17 heavy (non-hydrogen) atoms. The largest absolute Gasteiger partial charge is 0.380 e. The Balaban J connectivity index is 2.68. The molecule has 1 rings (SSSR count). The van der Waals surface area contributed by atoms with Crippen LogP contribution in [-0.2, 0) is 11.3 Å². The smallest absolute Gasteiger partial charge is 0.273 e. The van der Waals surface area contributed by atoms with Crippen molar-refractivity contribution in [2.24, 2.45) is 0 Å². The fraction of sp³-hybridized carbons (Fsp3) is 0.455. The molecule has 0 aromatic heterocycles. The lowest BCUT2D eigenvalue weighted by atomic mass is 10.2. The molecular formula is C11H15ClN2O3. The SMILES string of the molecule is COC(C)CNCc1cc(Cl)ccc1[N+](=O)[O-]. The molecule has 1 aromatic rings. The Morgan fingerprint density at radius 3 is 2.88 bits per heavy atom. The van der Waals surface area contributed by atoms with E-state index in [-0.39, 0.29) is 11.8 Å². The number of hydrogen-bond donors (Lipinski definition) is 1. The Bertz CT molecular complexity index is 398. The van der Waals surface area contributed by atoms with Gasteiger partial charge in [0.05, 0.1) is 11.0 Å². The highest BCUT2D eigenvalue weighted by atomic mass is 35.5. The van der Waals surface area contributed by atoms with Crippen LogP contribution in [0.15, 0.2) is 18.2 Å². The van der Waals surface area contributed by atoms with Crippen LogP contribution in [0.5, 0.6) is 0 Å². The van der Waals surface area contributed by atoms with E-state index in [9.17, 15) is 10.1 Å². The first-order valence-corrected chi connectivity index (χ1v) is 5.58. The molecule has 0 heterocycles. The van der Waals surface area contributed by atoms with Crippen molar-refractivity contribution in [1.29, 1.82) is 0 Å². The summed E-state index contributed by atoms with van der Waals surface area (Å²) in [5, 5.41) is 14.4. The summed E-state index contributed by atoms with van der Waals surface area (Å²) in [6.45, 7) is 2.93. The molecule has 1 unspecified atom stereocenters. The van der Waals surface area contributed by atoms with Crippen molar-refractivity contribution in [3.8, 4) is 0 Å². The molecule has 5 nitrogen and oxygen atoms in total. The van der Waals surface area contributed by atoms with Gasteiger partial charge in [-0.3, -0.25) is 10.1 Å². The van der Waals surface area contributed by atoms with Crippen LogP contribution in [0.4, 0.5) is 5.69 Å². The number of nitro benzene ring substituents is 1. The van der Waals surface area contributed by atoms with Gasteiger partial charge in [-0.1, -0.05) is 11.6 Å². The number of halogens is 1. The number of hydrogen-bond acceptors (Lipinski definition) is 4. The van der Waals surface area contributed by atoms with Crippen molar-refractivity contribution in [3.05, 3.63) is 38.9 Å². The zero-order valence-corrected chi connectivity index (χ0v) is 10.5. The number of nitro groups is 1. The summed E-state index contributed by atoms with van der Waals surface area (Å²) in [6.07, 6.45) is 0.0632. The highest BCUT2D eigenvalue weighted by Crippen LogP contribution is 2.22. The standard InChI is InChI=1S/C11H15ClN2O3/c1-8(17-2)6-13-7-9-5-10(12)3-4-11(9)14(15)16/h3-5,8,13H,6-7H2,1-2H3. The van der Waals surface area contributed by atoms with Crippen molar-refractivity contribution >= 4 is 17.3 Å². The predicted octanol–water partition coefficient (Wildman–Crippen LogP) is 2.37. The van der Waals surface area contributed by atoms with Crippen LogP contribution in [0.25, 0.3) is 0 Å². The fourth-order valence-corrected chi connectivity index (χ4v) is 1.56. The average Bonchev–Trinajstić information content (AvgIpc) is 2.28. The minimum Gasteiger partial charge on any atom is -0.380 e. The van der Waals surface area contributed by atoms with E-state index in [1.165, 1.54) is 12.1 Å². The van der Waals surface area contributed by atoms with E-state index in [2.05, 4.69) is 5.32 Å². The maximum atomic E-state index is 10.8. The van der Waals surface area contributed by atoms with Crippen molar-refractivity contribution in [3.63, 3.8) is 0 Å². The molecule has 1 aromatic carbocycles. The highest BCUT2D eigenvalue weighted by Gasteiger charge is 2.13. The maximum Gasteiger partial charge on any atom is 0.273 e. The Kier molecular flexibility index (Phi) is 5.34. The summed E-state index contributed by atoms with van der Waals surface area (Å²) >= 11 is 5.82. The van der Waals surface area contributed by atoms with Gasteiger partial charge in [-0.25, -0.2) is 0 Å². The molecule has 0 fully saturated rings. The fourth-order valence-electron chi connectivity index (χ4n) is 1.37. The molecule has 6 heteroatoms. The van der Waals surface area contributed by atoms with E-state index in [1.807, 2.05) is 6.92 Å². The van der Waals surface area contributed by atoms with Gasteiger partial charge >= 0.3 is 0 Å². The summed E-state index contributed by atoms with van der Waals surface area (Å²) in [7, 11) is 1.62. The second-order valence-electron chi connectivity index (χ2n) is 3.71. The highest BCUT2D eigenvalue weighted by molar-refractivity contribution is 6.30. The Labute approximate surface area is 105 Å². The van der Waals surface area contributed by atoms with Crippen LogP contribution < -0.4 is 5.32 Å². The van der Waals surface area contributed by atoms with Crippen LogP contribution in [0.2, 0.25) is 5.02 Å². The van der Waals surface area contributed by atoms with Gasteiger partial charge in [-0.15, -0.1) is 0 Å². The van der Waals surface area contributed by atoms with Crippen molar-refractivity contribution < 1.29 is 9.66 Å². The third kappa shape index (κ3) is 4.30. The molecule has 0 spiro atoms. The van der Waals surface area contributed by atoms with Gasteiger partial charge in [-0.2, -0.15) is 0 Å². The Morgan fingerprint density at radius 2 is 2.29 bits per heavy atom. The van der Waals surface area contributed by atoms with Gasteiger partial charge < -0.3 is 10.1 Å². The Morgan fingerprint density at radius 1 is 1.59 bits per heavy atom. The normalized spacial score (nSPS) is 12.4. The maximum absolute atomic E-state index is 10.8. The molecule has 1 atom stereocenters. The number of methoxy groups -OCH3 is 1. The van der Waals surface area contributed by atoms with E-state index in [4.69, 9.17) is 16.3 Å². The van der Waals surface area contributed by atoms with Crippen molar-refractivity contribution in [2.45, 2.75) is 19.6 Å². The minimum atomic E-state index is -0.410. The number of nitrogens with one attached hydrogen (secondary N) is 1. The molecule has 0 amide bonds. The molecular weight excluding hydrogens is 244 g/mol. The van der Waals surface area contributed by atoms with Gasteiger partial charge in [0.15, 0.2) is 0 Å². The molecule has 0 aliphatic carbocycles. The number of benzene rings is 1. The van der Waals surface area contributed by atoms with Gasteiger partial charge in [0.1, 0.15) is 0 Å². The first-order valence-electron chi connectivity index (χ1n) is 5.21. The zero-order valence-electron chi connectivity index (χ0n) is 9.77. The number of nitrogens with zero attached hydrogens (tertiary/aromatic N) is 1. The summed E-state index contributed by atoms with van der Waals surface area (Å²) in [6, 6.07) is 4.53. The number of rotatable bonds is 6. The van der Waals surface area contributed by atoms with Gasteiger partial charge in [-0.05, 0) is 19.1 Å². The molecule has 0 aliphatic rings. The molecule has 0 saturated carbocycles. The lowest BCUT2D eigenvalue weighted by molar-refractivity contribution is -0.385. The van der Waals surface area contributed by atoms with Crippen LogP contribution in [-0.4, -0.2) is 24.7 Å². The van der Waals surface area contributed by atoms with E-state index in [0.717, 1.165) is 0 Å². The third-order valence-electron chi connectivity index (χ3n) is 2.39. The lowest BCUT2D eigenvalue weighted by Gasteiger charge is -2.10. The monoisotopic (exact) mass is 258 g/mol. The molecule has 0 saturated heterocycles. The first kappa shape index (κ1) is 13.9. The van der Waals surface area contributed by atoms with Crippen LogP contribution in [0, 0.1) is 10.1 Å². The molecule has 1 N–H and O–H groups in total. The van der Waals surface area contributed by atoms with Crippen LogP contribution >= 0.6 is 11.6 Å². The average molecular weight is 259 g/mol. The van der Waals surface area contributed by atoms with E-state index >= 15 is 0 Å². The summed E-state index contributed by atoms with van der Waals surface area (Å²) in [4.78, 5) is 10.4. The van der Waals surface area contributed by atoms with E-state index < -0.39 is 4.92 Å². The molecule has 0 radical (unpaired) electrons. The number of ether oxygens (including phenoxy) is 1. The van der Waals surface area contributed by atoms with E-state index in [1.54, 1.807) is 13.2 Å². The second-order valence-corrected chi connectivity index (χ2v) is 4.14. The topological polar surface area (TPSA) is 64.4 Å². The molecule has 0 aliphatic heterocycles. The van der Waals surface area contributed by atoms with E-state index in [0.29, 0.717) is 23.7 Å². The molecule has 94 valence electrons. The summed E-state index contributed by atoms with van der Waals surface area (Å²) in [5.74, 6) is 0. The molecule has 0 bridgehead atoms. The first-order chi connectivity index (χ1) is 8.04. The summed E-state index contributed by atoms with van der Waals surface area (Å²) < 4.78 is 5.07. The summed E-state index contributed by atoms with van der Waals surface area (Å²) in [5.41, 5.74) is 0.651. The third-order valence-corrected chi connectivity index (χ3v) is 2.62. The van der Waals surface area contributed by atoms with Crippen molar-refractivity contribution in [2.75, 3.05) is 13.7 Å². The minimum absolute atomic E-state index is 0.0632. The van der Waals surface area contributed by atoms with Gasteiger partial charge in [0, 0.05) is 36.9 Å².